The van der Waals surface area contributed by atoms with E-state index in [0.29, 0.717) is 11.8 Å². The van der Waals surface area contributed by atoms with E-state index in [-0.39, 0.29) is 12.3 Å². The molecule has 1 aromatic rings. The standard InChI is InChI=1S/C17H21N3O4S/c1-4-5-24-15-10(2)6-12(7-11(15)3)9-18-20-17-19-16(23)13(25-17)8-14(21)22/h6-7,9,13H,4-5,8H2,1-3H3,(H,21,22)(H,19,20,23). The Hall–Kier alpha value is -2.35. The SMILES string of the molecule is CCCOc1c(C)cc(C=NN=C2NC(=O)C(CC(=O)O)S2)cc1C. The number of amidine groups is 1. The molecule has 0 aliphatic carbocycles. The van der Waals surface area contributed by atoms with Crippen LogP contribution in [0.4, 0.5) is 0 Å². The number of carboxylic acid groups (broad SMARTS) is 1. The normalized spacial score (nSPS) is 18.8. The van der Waals surface area contributed by atoms with Crippen LogP contribution in [-0.2, 0) is 9.59 Å². The lowest BCUT2D eigenvalue weighted by Crippen LogP contribution is -2.26. The number of thioether (sulfide) groups is 1. The summed E-state index contributed by atoms with van der Waals surface area (Å²) < 4.78 is 5.74. The van der Waals surface area contributed by atoms with Gasteiger partial charge in [0.15, 0.2) is 5.17 Å². The van der Waals surface area contributed by atoms with Gasteiger partial charge in [0.2, 0.25) is 5.91 Å². The second kappa shape index (κ2) is 8.66. The Morgan fingerprint density at radius 2 is 2.08 bits per heavy atom. The summed E-state index contributed by atoms with van der Waals surface area (Å²) in [5.41, 5.74) is 2.92. The number of hydrogen-bond acceptors (Lipinski definition) is 6. The Kier molecular flexibility index (Phi) is 6.58. The Morgan fingerprint density at radius 1 is 1.40 bits per heavy atom. The molecule has 25 heavy (non-hydrogen) atoms. The predicted octanol–water partition coefficient (Wildman–Crippen LogP) is 2.49. The number of nitrogens with zero attached hydrogens (tertiary/aromatic N) is 2. The van der Waals surface area contributed by atoms with Gasteiger partial charge in [0.25, 0.3) is 0 Å². The molecule has 1 amide bonds. The highest BCUT2D eigenvalue weighted by Crippen LogP contribution is 2.25. The van der Waals surface area contributed by atoms with Crippen molar-refractivity contribution in [3.8, 4) is 5.75 Å². The highest BCUT2D eigenvalue weighted by atomic mass is 32.2. The average molecular weight is 363 g/mol. The molecule has 0 aromatic heterocycles. The van der Waals surface area contributed by atoms with Crippen molar-refractivity contribution in [2.24, 2.45) is 10.2 Å². The van der Waals surface area contributed by atoms with E-state index >= 15 is 0 Å². The monoisotopic (exact) mass is 363 g/mol. The molecule has 2 N–H and O–H groups in total. The van der Waals surface area contributed by atoms with Gasteiger partial charge >= 0.3 is 5.97 Å². The summed E-state index contributed by atoms with van der Waals surface area (Å²) in [5, 5.41) is 18.9. The molecular weight excluding hydrogens is 342 g/mol. The second-order valence-corrected chi connectivity index (χ2v) is 6.87. The zero-order chi connectivity index (χ0) is 18.4. The van der Waals surface area contributed by atoms with Crippen molar-refractivity contribution < 1.29 is 19.4 Å². The summed E-state index contributed by atoms with van der Waals surface area (Å²) in [6, 6.07) is 3.91. The van der Waals surface area contributed by atoms with Gasteiger partial charge < -0.3 is 15.2 Å². The van der Waals surface area contributed by atoms with Crippen LogP contribution in [0.3, 0.4) is 0 Å². The Labute approximate surface area is 150 Å². The molecule has 1 atom stereocenters. The Bertz CT molecular complexity index is 708. The van der Waals surface area contributed by atoms with Gasteiger partial charge in [-0.2, -0.15) is 5.10 Å². The number of amides is 1. The van der Waals surface area contributed by atoms with Crippen LogP contribution in [0.25, 0.3) is 0 Å². The molecule has 0 radical (unpaired) electrons. The van der Waals surface area contributed by atoms with Crippen molar-refractivity contribution in [2.75, 3.05) is 6.61 Å². The summed E-state index contributed by atoms with van der Waals surface area (Å²) in [5.74, 6) is -0.486. The van der Waals surface area contributed by atoms with E-state index in [1.807, 2.05) is 26.0 Å². The third-order valence-corrected chi connectivity index (χ3v) is 4.50. The van der Waals surface area contributed by atoms with E-state index in [1.54, 1.807) is 6.21 Å². The van der Waals surface area contributed by atoms with Crippen LogP contribution < -0.4 is 10.1 Å². The summed E-state index contributed by atoms with van der Waals surface area (Å²) in [7, 11) is 0. The van der Waals surface area contributed by atoms with Crippen LogP contribution in [-0.4, -0.2) is 40.2 Å². The van der Waals surface area contributed by atoms with Crippen molar-refractivity contribution in [3.05, 3.63) is 28.8 Å². The predicted molar refractivity (Wildman–Crippen MR) is 98.5 cm³/mol. The number of carbonyl (C=O) groups excluding carboxylic acids is 1. The van der Waals surface area contributed by atoms with Gasteiger partial charge in [0.05, 0.1) is 19.2 Å². The Morgan fingerprint density at radius 3 is 2.68 bits per heavy atom. The van der Waals surface area contributed by atoms with Gasteiger partial charge in [0.1, 0.15) is 11.0 Å². The molecule has 1 heterocycles. The second-order valence-electron chi connectivity index (χ2n) is 5.68. The van der Waals surface area contributed by atoms with E-state index in [9.17, 15) is 9.59 Å². The molecule has 1 fully saturated rings. The largest absolute Gasteiger partial charge is 0.493 e. The van der Waals surface area contributed by atoms with Crippen molar-refractivity contribution in [1.82, 2.24) is 5.32 Å². The van der Waals surface area contributed by atoms with E-state index < -0.39 is 11.2 Å². The lowest BCUT2D eigenvalue weighted by molar-refractivity contribution is -0.138. The van der Waals surface area contributed by atoms with Crippen LogP contribution in [0.2, 0.25) is 0 Å². The number of aryl methyl sites for hydroxylation is 2. The first-order valence-electron chi connectivity index (χ1n) is 7.95. The first kappa shape index (κ1) is 19.0. The topological polar surface area (TPSA) is 100 Å². The van der Waals surface area contributed by atoms with Crippen LogP contribution in [0.15, 0.2) is 22.3 Å². The first-order valence-corrected chi connectivity index (χ1v) is 8.83. The van der Waals surface area contributed by atoms with Crippen molar-refractivity contribution in [2.45, 2.75) is 38.9 Å². The highest BCUT2D eigenvalue weighted by molar-refractivity contribution is 8.15. The number of aliphatic carboxylic acids is 1. The molecule has 7 nitrogen and oxygen atoms in total. The fraction of sp³-hybridized carbons (Fsp3) is 0.412. The molecule has 1 aromatic carbocycles. The molecule has 1 unspecified atom stereocenters. The number of hydrogen-bond donors (Lipinski definition) is 2. The lowest BCUT2D eigenvalue weighted by atomic mass is 10.1. The van der Waals surface area contributed by atoms with Crippen molar-refractivity contribution in [3.63, 3.8) is 0 Å². The number of rotatable bonds is 7. The van der Waals surface area contributed by atoms with Crippen LogP contribution in [0.5, 0.6) is 5.75 Å². The summed E-state index contributed by atoms with van der Waals surface area (Å²) >= 11 is 1.07. The molecular formula is C17H21N3O4S. The van der Waals surface area contributed by atoms with E-state index in [0.717, 1.165) is 40.6 Å². The number of carboxylic acids is 1. The highest BCUT2D eigenvalue weighted by Gasteiger charge is 2.32. The average Bonchev–Trinajstić information content (AvgIpc) is 2.86. The quantitative estimate of drug-likeness (QED) is 0.573. The molecule has 0 spiro atoms. The minimum absolute atomic E-state index is 0.239. The van der Waals surface area contributed by atoms with Gasteiger partial charge in [-0.15, -0.1) is 5.10 Å². The smallest absolute Gasteiger partial charge is 0.305 e. The van der Waals surface area contributed by atoms with Gasteiger partial charge in [-0.1, -0.05) is 18.7 Å². The van der Waals surface area contributed by atoms with E-state index in [1.165, 1.54) is 0 Å². The number of ether oxygens (including phenoxy) is 1. The Balaban J connectivity index is 2.05. The fourth-order valence-electron chi connectivity index (χ4n) is 2.38. The maximum atomic E-state index is 11.6. The molecule has 1 saturated heterocycles. The molecule has 0 saturated carbocycles. The van der Waals surface area contributed by atoms with Crippen LogP contribution in [0.1, 0.15) is 36.5 Å². The summed E-state index contributed by atoms with van der Waals surface area (Å²) in [6.07, 6.45) is 2.30. The zero-order valence-corrected chi connectivity index (χ0v) is 15.2. The summed E-state index contributed by atoms with van der Waals surface area (Å²) in [4.78, 5) is 22.3. The van der Waals surface area contributed by atoms with Gasteiger partial charge in [-0.25, -0.2) is 0 Å². The maximum Gasteiger partial charge on any atom is 0.305 e. The van der Waals surface area contributed by atoms with Crippen molar-refractivity contribution >= 4 is 35.0 Å². The number of benzene rings is 1. The van der Waals surface area contributed by atoms with Gasteiger partial charge in [-0.3, -0.25) is 9.59 Å². The third kappa shape index (κ3) is 5.32. The lowest BCUT2D eigenvalue weighted by Gasteiger charge is -2.12. The third-order valence-electron chi connectivity index (χ3n) is 3.43. The van der Waals surface area contributed by atoms with Crippen LogP contribution >= 0.6 is 11.8 Å². The molecule has 1 aliphatic rings. The van der Waals surface area contributed by atoms with Crippen molar-refractivity contribution in [1.29, 1.82) is 0 Å². The van der Waals surface area contributed by atoms with E-state index in [4.69, 9.17) is 9.84 Å². The minimum atomic E-state index is -1.02. The maximum absolute atomic E-state index is 11.6. The fourth-order valence-corrected chi connectivity index (χ4v) is 3.30. The summed E-state index contributed by atoms with van der Waals surface area (Å²) in [6.45, 7) is 6.69. The minimum Gasteiger partial charge on any atom is -0.493 e. The van der Waals surface area contributed by atoms with Gasteiger partial charge in [0, 0.05) is 0 Å². The van der Waals surface area contributed by atoms with Crippen LogP contribution in [0, 0.1) is 13.8 Å². The van der Waals surface area contributed by atoms with E-state index in [2.05, 4.69) is 22.4 Å². The molecule has 1 aliphatic heterocycles. The number of carbonyl (C=O) groups is 2. The zero-order valence-electron chi connectivity index (χ0n) is 14.4. The number of nitrogens with one attached hydrogen (secondary N) is 1. The molecule has 134 valence electrons. The first-order chi connectivity index (χ1) is 11.9. The van der Waals surface area contributed by atoms with Gasteiger partial charge in [-0.05, 0) is 49.1 Å². The molecule has 2 rings (SSSR count). The molecule has 8 heteroatoms. The molecule has 0 bridgehead atoms.